The quantitative estimate of drug-likeness (QED) is 0.359. The topological polar surface area (TPSA) is 66.0 Å². The van der Waals surface area contributed by atoms with Crippen molar-refractivity contribution in [2.45, 2.75) is 52.9 Å². The first kappa shape index (κ1) is 21.7. The number of hydrogen-bond donors (Lipinski definition) is 2. The Hall–Kier alpha value is -1.30. The number of rotatable bonds is 10. The molecule has 1 aliphatic rings. The van der Waals surface area contributed by atoms with Gasteiger partial charge in [-0.15, -0.1) is 0 Å². The average Bonchev–Trinajstić information content (AvgIpc) is 3.04. The van der Waals surface area contributed by atoms with Crippen molar-refractivity contribution in [1.29, 1.82) is 0 Å². The molecule has 0 radical (unpaired) electrons. The lowest BCUT2D eigenvalue weighted by atomic mass is 9.85. The first-order chi connectivity index (χ1) is 11.9. The summed E-state index contributed by atoms with van der Waals surface area (Å²) in [5.41, 5.74) is -0.320. The Morgan fingerprint density at radius 2 is 1.88 bits per heavy atom. The number of hydrogen-bond acceptors (Lipinski definition) is 3. The molecule has 6 nitrogen and oxygen atoms in total. The summed E-state index contributed by atoms with van der Waals surface area (Å²) in [5, 5.41) is 6.57. The van der Waals surface area contributed by atoms with E-state index in [2.05, 4.69) is 24.5 Å². The van der Waals surface area contributed by atoms with Crippen LogP contribution in [-0.4, -0.2) is 63.7 Å². The molecular formula is C19H38N4O2. The van der Waals surface area contributed by atoms with E-state index in [0.29, 0.717) is 19.1 Å². The molecule has 25 heavy (non-hydrogen) atoms. The van der Waals surface area contributed by atoms with Crippen molar-refractivity contribution in [3.05, 3.63) is 0 Å². The van der Waals surface area contributed by atoms with Crippen LogP contribution in [0.15, 0.2) is 4.99 Å². The highest BCUT2D eigenvalue weighted by Crippen LogP contribution is 2.39. The third-order valence-electron chi connectivity index (χ3n) is 4.68. The highest BCUT2D eigenvalue weighted by Gasteiger charge is 2.41. The minimum atomic E-state index is -0.320. The lowest BCUT2D eigenvalue weighted by molar-refractivity contribution is -0.138. The number of carbonyl (C=O) groups is 1. The third-order valence-corrected chi connectivity index (χ3v) is 4.68. The van der Waals surface area contributed by atoms with Crippen molar-refractivity contribution < 1.29 is 9.53 Å². The summed E-state index contributed by atoms with van der Waals surface area (Å²) in [7, 11) is 3.67. The van der Waals surface area contributed by atoms with Crippen LogP contribution in [0.3, 0.4) is 0 Å². The average molecular weight is 355 g/mol. The zero-order valence-corrected chi connectivity index (χ0v) is 16.9. The fraction of sp³-hybridized carbons (Fsp3) is 0.895. The van der Waals surface area contributed by atoms with Gasteiger partial charge >= 0.3 is 0 Å². The molecule has 1 amide bonds. The highest BCUT2D eigenvalue weighted by atomic mass is 16.5. The van der Waals surface area contributed by atoms with Gasteiger partial charge in [-0.25, -0.2) is 0 Å². The molecule has 1 aliphatic carbocycles. The summed E-state index contributed by atoms with van der Waals surface area (Å²) < 4.78 is 5.63. The molecule has 146 valence electrons. The Morgan fingerprint density at radius 3 is 2.44 bits per heavy atom. The molecule has 0 atom stereocenters. The van der Waals surface area contributed by atoms with E-state index >= 15 is 0 Å². The Morgan fingerprint density at radius 1 is 1.20 bits per heavy atom. The second-order valence-electron chi connectivity index (χ2n) is 7.60. The van der Waals surface area contributed by atoms with Gasteiger partial charge in [-0.2, -0.15) is 0 Å². The Kier molecular flexibility index (Phi) is 9.86. The number of nitrogens with one attached hydrogen (secondary N) is 2. The summed E-state index contributed by atoms with van der Waals surface area (Å²) >= 11 is 0. The first-order valence-electron chi connectivity index (χ1n) is 9.73. The largest absolute Gasteiger partial charge is 0.380 e. The maximum absolute atomic E-state index is 12.6. The highest BCUT2D eigenvalue weighted by molar-refractivity contribution is 5.84. The van der Waals surface area contributed by atoms with Gasteiger partial charge in [0.2, 0.25) is 5.91 Å². The predicted molar refractivity (Wildman–Crippen MR) is 104 cm³/mol. The van der Waals surface area contributed by atoms with E-state index in [-0.39, 0.29) is 11.3 Å². The number of nitrogens with zero attached hydrogens (tertiary/aromatic N) is 2. The van der Waals surface area contributed by atoms with E-state index in [1.54, 1.807) is 4.90 Å². The van der Waals surface area contributed by atoms with Crippen LogP contribution in [0.4, 0.5) is 0 Å². The maximum Gasteiger partial charge on any atom is 0.230 e. The van der Waals surface area contributed by atoms with Gasteiger partial charge in [0.15, 0.2) is 5.96 Å². The summed E-state index contributed by atoms with van der Waals surface area (Å²) in [6.45, 7) is 9.98. The summed E-state index contributed by atoms with van der Waals surface area (Å²) in [6.07, 6.45) is 5.19. The van der Waals surface area contributed by atoms with Crippen molar-refractivity contribution >= 4 is 11.9 Å². The van der Waals surface area contributed by atoms with Crippen LogP contribution < -0.4 is 10.6 Å². The molecule has 0 aromatic heterocycles. The number of guanidine groups is 1. The molecule has 0 unspecified atom stereocenters. The van der Waals surface area contributed by atoms with Crippen molar-refractivity contribution in [2.24, 2.45) is 16.3 Å². The van der Waals surface area contributed by atoms with E-state index in [1.807, 2.05) is 21.0 Å². The normalized spacial score (nSPS) is 17.0. The van der Waals surface area contributed by atoms with Gasteiger partial charge in [0, 0.05) is 33.8 Å². The number of carbonyl (C=O) groups excluding carboxylic acids is 1. The third kappa shape index (κ3) is 7.63. The van der Waals surface area contributed by atoms with Gasteiger partial charge in [0.05, 0.1) is 18.6 Å². The van der Waals surface area contributed by atoms with Crippen LogP contribution in [-0.2, 0) is 9.53 Å². The van der Waals surface area contributed by atoms with Crippen molar-refractivity contribution in [1.82, 2.24) is 15.5 Å². The first-order valence-corrected chi connectivity index (χ1v) is 9.73. The van der Waals surface area contributed by atoms with Crippen LogP contribution in [0.2, 0.25) is 0 Å². The standard InChI is InChI=1S/C19H38N4O2/c1-6-20-18(21-12-14-25-13-9-16(2)3)22-15-19(10-7-8-11-19)17(24)23(4)5/h16H,6-15H2,1-5H3,(H2,20,21,22). The minimum Gasteiger partial charge on any atom is -0.380 e. The number of aliphatic imine (C=N–C) groups is 1. The smallest absolute Gasteiger partial charge is 0.230 e. The Bertz CT molecular complexity index is 416. The van der Waals surface area contributed by atoms with E-state index in [0.717, 1.165) is 57.8 Å². The Labute approximate surface area is 153 Å². The molecule has 0 bridgehead atoms. The molecule has 0 saturated heterocycles. The lowest BCUT2D eigenvalue weighted by Gasteiger charge is -2.29. The maximum atomic E-state index is 12.6. The monoisotopic (exact) mass is 354 g/mol. The van der Waals surface area contributed by atoms with E-state index in [1.165, 1.54) is 0 Å². The molecule has 0 aromatic rings. The molecule has 0 aliphatic heterocycles. The number of amides is 1. The predicted octanol–water partition coefficient (Wildman–Crippen LogP) is 2.25. The van der Waals surface area contributed by atoms with Crippen LogP contribution in [0.25, 0.3) is 0 Å². The minimum absolute atomic E-state index is 0.210. The second-order valence-corrected chi connectivity index (χ2v) is 7.60. The van der Waals surface area contributed by atoms with Crippen LogP contribution in [0, 0.1) is 11.3 Å². The van der Waals surface area contributed by atoms with Gasteiger partial charge in [0.25, 0.3) is 0 Å². The van der Waals surface area contributed by atoms with Crippen molar-refractivity contribution in [2.75, 3.05) is 46.9 Å². The zero-order chi connectivity index (χ0) is 18.7. The van der Waals surface area contributed by atoms with E-state index < -0.39 is 0 Å². The SMILES string of the molecule is CCNC(=NCC1(C(=O)N(C)C)CCCC1)NCCOCCC(C)C. The molecule has 0 heterocycles. The molecule has 0 spiro atoms. The fourth-order valence-corrected chi connectivity index (χ4v) is 3.20. The van der Waals surface area contributed by atoms with Gasteiger partial charge in [0.1, 0.15) is 0 Å². The molecule has 1 fully saturated rings. The molecule has 0 aromatic carbocycles. The molecule has 6 heteroatoms. The van der Waals surface area contributed by atoms with E-state index in [9.17, 15) is 4.79 Å². The lowest BCUT2D eigenvalue weighted by Crippen LogP contribution is -2.43. The summed E-state index contributed by atoms with van der Waals surface area (Å²) in [5.74, 6) is 1.65. The van der Waals surface area contributed by atoms with Gasteiger partial charge < -0.3 is 20.3 Å². The van der Waals surface area contributed by atoms with E-state index in [4.69, 9.17) is 9.73 Å². The van der Waals surface area contributed by atoms with Gasteiger partial charge in [-0.1, -0.05) is 26.7 Å². The van der Waals surface area contributed by atoms with Crippen LogP contribution in [0.5, 0.6) is 0 Å². The molecule has 1 saturated carbocycles. The number of ether oxygens (including phenoxy) is 1. The fourth-order valence-electron chi connectivity index (χ4n) is 3.20. The van der Waals surface area contributed by atoms with Crippen molar-refractivity contribution in [3.8, 4) is 0 Å². The van der Waals surface area contributed by atoms with Gasteiger partial charge in [-0.3, -0.25) is 9.79 Å². The summed E-state index contributed by atoms with van der Waals surface area (Å²) in [4.78, 5) is 19.0. The zero-order valence-electron chi connectivity index (χ0n) is 16.9. The van der Waals surface area contributed by atoms with Crippen molar-refractivity contribution in [3.63, 3.8) is 0 Å². The summed E-state index contributed by atoms with van der Waals surface area (Å²) in [6, 6.07) is 0. The molecule has 2 N–H and O–H groups in total. The van der Waals surface area contributed by atoms with Crippen LogP contribution in [0.1, 0.15) is 52.9 Å². The van der Waals surface area contributed by atoms with Gasteiger partial charge in [-0.05, 0) is 32.1 Å². The molecular weight excluding hydrogens is 316 g/mol. The molecule has 1 rings (SSSR count). The van der Waals surface area contributed by atoms with Crippen LogP contribution >= 0.6 is 0 Å². The second kappa shape index (κ2) is 11.3. The Balaban J connectivity index is 2.51.